The van der Waals surface area contributed by atoms with Gasteiger partial charge >= 0.3 is 0 Å². The summed E-state index contributed by atoms with van der Waals surface area (Å²) in [5.41, 5.74) is 6.34. The van der Waals surface area contributed by atoms with Crippen molar-refractivity contribution in [3.8, 4) is 0 Å². The van der Waals surface area contributed by atoms with Crippen LogP contribution in [0.5, 0.6) is 0 Å². The number of hydrogen-bond donors (Lipinski definition) is 1. The van der Waals surface area contributed by atoms with Crippen LogP contribution in [0.3, 0.4) is 0 Å². The molecule has 0 fully saturated rings. The monoisotopic (exact) mass is 306 g/mol. The van der Waals surface area contributed by atoms with Crippen LogP contribution >= 0.6 is 0 Å². The minimum absolute atomic E-state index is 0.0476. The van der Waals surface area contributed by atoms with E-state index in [1.165, 1.54) is 36.4 Å². The normalized spacial score (nSPS) is 16.0. The standard InChI is InChI=1S/C14H11FN2O3S/c15-10-3-1-2-9(6-10)8-17-14(18)12-7-11(16)4-5-13(12)21(17,19)20/h1-7H,8,16H2. The van der Waals surface area contributed by atoms with Gasteiger partial charge in [0.25, 0.3) is 15.9 Å². The average Bonchev–Trinajstić information content (AvgIpc) is 2.60. The third-order valence-corrected chi connectivity index (χ3v) is 5.03. The van der Waals surface area contributed by atoms with E-state index in [4.69, 9.17) is 5.73 Å². The summed E-state index contributed by atoms with van der Waals surface area (Å²) in [4.78, 5) is 12.2. The van der Waals surface area contributed by atoms with Crippen LogP contribution in [0.2, 0.25) is 0 Å². The van der Waals surface area contributed by atoms with Crippen LogP contribution in [0.25, 0.3) is 0 Å². The largest absolute Gasteiger partial charge is 0.399 e. The lowest BCUT2D eigenvalue weighted by atomic mass is 10.1. The molecule has 7 heteroatoms. The molecule has 2 aromatic carbocycles. The van der Waals surface area contributed by atoms with Gasteiger partial charge in [-0.2, -0.15) is 0 Å². The molecule has 1 aliphatic heterocycles. The number of amides is 1. The highest BCUT2D eigenvalue weighted by Gasteiger charge is 2.41. The fourth-order valence-electron chi connectivity index (χ4n) is 2.26. The summed E-state index contributed by atoms with van der Waals surface area (Å²) in [6.07, 6.45) is 0. The molecule has 108 valence electrons. The smallest absolute Gasteiger partial charge is 0.269 e. The van der Waals surface area contributed by atoms with Gasteiger partial charge in [-0.05, 0) is 35.9 Å². The predicted octanol–water partition coefficient (Wildman–Crippen LogP) is 1.75. The van der Waals surface area contributed by atoms with E-state index in [1.54, 1.807) is 6.07 Å². The molecule has 1 heterocycles. The van der Waals surface area contributed by atoms with E-state index < -0.39 is 21.7 Å². The van der Waals surface area contributed by atoms with Gasteiger partial charge in [0.15, 0.2) is 0 Å². The zero-order valence-corrected chi connectivity index (χ0v) is 11.6. The van der Waals surface area contributed by atoms with Crippen molar-refractivity contribution in [3.63, 3.8) is 0 Å². The van der Waals surface area contributed by atoms with Gasteiger partial charge in [0.2, 0.25) is 0 Å². The maximum absolute atomic E-state index is 13.2. The molecular weight excluding hydrogens is 295 g/mol. The Kier molecular flexibility index (Phi) is 2.94. The van der Waals surface area contributed by atoms with Crippen molar-refractivity contribution < 1.29 is 17.6 Å². The molecule has 0 unspecified atom stereocenters. The third-order valence-electron chi connectivity index (χ3n) is 3.24. The lowest BCUT2D eigenvalue weighted by molar-refractivity contribution is 0.0865. The van der Waals surface area contributed by atoms with Crippen molar-refractivity contribution >= 4 is 21.6 Å². The van der Waals surface area contributed by atoms with Crippen molar-refractivity contribution in [2.45, 2.75) is 11.4 Å². The van der Waals surface area contributed by atoms with Gasteiger partial charge in [0, 0.05) is 5.69 Å². The fourth-order valence-corrected chi connectivity index (χ4v) is 3.80. The predicted molar refractivity (Wildman–Crippen MR) is 74.3 cm³/mol. The highest BCUT2D eigenvalue weighted by atomic mass is 32.2. The Morgan fingerprint density at radius 3 is 2.62 bits per heavy atom. The van der Waals surface area contributed by atoms with E-state index in [0.717, 1.165) is 4.31 Å². The number of anilines is 1. The van der Waals surface area contributed by atoms with Gasteiger partial charge < -0.3 is 5.73 Å². The molecular formula is C14H11FN2O3S. The Morgan fingerprint density at radius 2 is 1.90 bits per heavy atom. The summed E-state index contributed by atoms with van der Waals surface area (Å²) < 4.78 is 38.6. The van der Waals surface area contributed by atoms with Gasteiger partial charge in [-0.25, -0.2) is 17.1 Å². The number of nitrogens with two attached hydrogens (primary N) is 1. The number of halogens is 1. The molecule has 5 nitrogen and oxygen atoms in total. The van der Waals surface area contributed by atoms with Gasteiger partial charge in [-0.3, -0.25) is 4.79 Å². The first-order valence-electron chi connectivity index (χ1n) is 6.10. The first-order chi connectivity index (χ1) is 9.89. The van der Waals surface area contributed by atoms with Crippen molar-refractivity contribution in [1.82, 2.24) is 4.31 Å². The Hall–Kier alpha value is -2.41. The molecule has 0 saturated carbocycles. The lowest BCUT2D eigenvalue weighted by Crippen LogP contribution is -2.29. The summed E-state index contributed by atoms with van der Waals surface area (Å²) in [6, 6.07) is 9.53. The first kappa shape index (κ1) is 13.6. The SMILES string of the molecule is Nc1ccc2c(c1)C(=O)N(Cc1cccc(F)c1)S2(=O)=O. The lowest BCUT2D eigenvalue weighted by Gasteiger charge is -2.15. The fraction of sp³-hybridized carbons (Fsp3) is 0.0714. The van der Waals surface area contributed by atoms with Crippen LogP contribution in [0, 0.1) is 5.82 Å². The van der Waals surface area contributed by atoms with Crippen LogP contribution in [0.15, 0.2) is 47.4 Å². The third kappa shape index (κ3) is 2.15. The number of nitrogen functional groups attached to an aromatic ring is 1. The molecule has 0 atom stereocenters. The van der Waals surface area contributed by atoms with Crippen molar-refractivity contribution in [3.05, 3.63) is 59.4 Å². The quantitative estimate of drug-likeness (QED) is 0.857. The second kappa shape index (κ2) is 4.56. The number of rotatable bonds is 2. The van der Waals surface area contributed by atoms with Crippen molar-refractivity contribution in [1.29, 1.82) is 0 Å². The number of benzene rings is 2. The van der Waals surface area contributed by atoms with Crippen LogP contribution in [0.4, 0.5) is 10.1 Å². The van der Waals surface area contributed by atoms with E-state index in [0.29, 0.717) is 11.3 Å². The molecule has 0 aliphatic carbocycles. The molecule has 1 amide bonds. The Labute approximate surface area is 120 Å². The van der Waals surface area contributed by atoms with Crippen molar-refractivity contribution in [2.75, 3.05) is 5.73 Å². The topological polar surface area (TPSA) is 80.5 Å². The molecule has 3 rings (SSSR count). The van der Waals surface area contributed by atoms with Crippen LogP contribution in [-0.4, -0.2) is 18.6 Å². The van der Waals surface area contributed by atoms with Gasteiger partial charge in [-0.1, -0.05) is 12.1 Å². The number of carbonyl (C=O) groups is 1. The number of fused-ring (bicyclic) bond motifs is 1. The summed E-state index contributed by atoms with van der Waals surface area (Å²) >= 11 is 0. The van der Waals surface area contributed by atoms with E-state index in [2.05, 4.69) is 0 Å². The summed E-state index contributed by atoms with van der Waals surface area (Å²) in [5, 5.41) is 0. The molecule has 21 heavy (non-hydrogen) atoms. The second-order valence-corrected chi connectivity index (χ2v) is 6.53. The van der Waals surface area contributed by atoms with Crippen LogP contribution in [-0.2, 0) is 16.6 Å². The molecule has 0 saturated heterocycles. The Bertz CT molecular complexity index is 849. The first-order valence-corrected chi connectivity index (χ1v) is 7.54. The second-order valence-electron chi connectivity index (χ2n) is 4.70. The van der Waals surface area contributed by atoms with Crippen LogP contribution < -0.4 is 5.73 Å². The summed E-state index contributed by atoms with van der Waals surface area (Å²) in [6.45, 7) is -0.215. The highest BCUT2D eigenvalue weighted by Crippen LogP contribution is 2.32. The van der Waals surface area contributed by atoms with Gasteiger partial charge in [0.05, 0.1) is 12.1 Å². The average molecular weight is 306 g/mol. The summed E-state index contributed by atoms with van der Waals surface area (Å²) in [5.74, 6) is -1.14. The molecule has 0 bridgehead atoms. The van der Waals surface area contributed by atoms with Gasteiger partial charge in [-0.15, -0.1) is 0 Å². The highest BCUT2D eigenvalue weighted by molar-refractivity contribution is 7.90. The molecule has 0 radical (unpaired) electrons. The zero-order chi connectivity index (χ0) is 15.2. The summed E-state index contributed by atoms with van der Waals surface area (Å²) in [7, 11) is -3.92. The maximum atomic E-state index is 13.2. The minimum atomic E-state index is -3.92. The van der Waals surface area contributed by atoms with E-state index in [1.807, 2.05) is 0 Å². The molecule has 0 aromatic heterocycles. The van der Waals surface area contributed by atoms with E-state index in [-0.39, 0.29) is 17.0 Å². The van der Waals surface area contributed by atoms with Crippen LogP contribution in [0.1, 0.15) is 15.9 Å². The van der Waals surface area contributed by atoms with E-state index >= 15 is 0 Å². The molecule has 1 aliphatic rings. The number of nitrogens with zero attached hydrogens (tertiary/aromatic N) is 1. The van der Waals surface area contributed by atoms with Gasteiger partial charge in [0.1, 0.15) is 10.7 Å². The number of hydrogen-bond acceptors (Lipinski definition) is 4. The molecule has 2 aromatic rings. The molecule has 2 N–H and O–H groups in total. The van der Waals surface area contributed by atoms with Crippen molar-refractivity contribution in [2.24, 2.45) is 0 Å². The number of sulfonamides is 1. The molecule has 0 spiro atoms. The maximum Gasteiger partial charge on any atom is 0.269 e. The number of carbonyl (C=O) groups excluding carboxylic acids is 1. The minimum Gasteiger partial charge on any atom is -0.399 e. The zero-order valence-electron chi connectivity index (χ0n) is 10.8. The Morgan fingerprint density at radius 1 is 1.14 bits per heavy atom. The Balaban J connectivity index is 2.04. The van der Waals surface area contributed by atoms with E-state index in [9.17, 15) is 17.6 Å².